The van der Waals surface area contributed by atoms with E-state index in [-0.39, 0.29) is 0 Å². The zero-order valence-electron chi connectivity index (χ0n) is 10.7. The zero-order chi connectivity index (χ0) is 12.0. The number of alkyl halides is 1. The molecular formula is C15H23Cl. The molecule has 0 saturated carbocycles. The number of halogens is 1. The molecule has 1 aromatic carbocycles. The standard InChI is InChI=1S/C15H23Cl/c1-4-7-14(16)10-6-11-15-12(2)8-5-9-13(15)3/h5,8-9,14H,4,6-7,10-11H2,1-3H3. The van der Waals surface area contributed by atoms with E-state index in [4.69, 9.17) is 11.6 Å². The average molecular weight is 239 g/mol. The number of hydrogen-bond acceptors (Lipinski definition) is 0. The number of rotatable bonds is 6. The Morgan fingerprint density at radius 1 is 1.12 bits per heavy atom. The maximum Gasteiger partial charge on any atom is 0.0336 e. The number of aryl methyl sites for hydroxylation is 2. The molecule has 0 amide bonds. The van der Waals surface area contributed by atoms with Crippen molar-refractivity contribution in [2.45, 2.75) is 58.3 Å². The Hall–Kier alpha value is -0.490. The second-order valence-corrected chi connectivity index (χ2v) is 5.27. The molecule has 16 heavy (non-hydrogen) atoms. The third kappa shape index (κ3) is 4.17. The van der Waals surface area contributed by atoms with Gasteiger partial charge in [-0.15, -0.1) is 11.6 Å². The topological polar surface area (TPSA) is 0 Å². The molecule has 0 aliphatic carbocycles. The van der Waals surface area contributed by atoms with Crippen LogP contribution in [0.3, 0.4) is 0 Å². The lowest BCUT2D eigenvalue weighted by atomic mass is 9.97. The van der Waals surface area contributed by atoms with Crippen molar-refractivity contribution in [1.82, 2.24) is 0 Å². The third-order valence-electron chi connectivity index (χ3n) is 3.19. The molecule has 1 rings (SSSR count). The van der Waals surface area contributed by atoms with Gasteiger partial charge in [-0.1, -0.05) is 31.5 Å². The van der Waals surface area contributed by atoms with Crippen LogP contribution in [0.25, 0.3) is 0 Å². The Labute approximate surface area is 105 Å². The first kappa shape index (κ1) is 13.6. The van der Waals surface area contributed by atoms with Crippen molar-refractivity contribution >= 4 is 11.6 Å². The van der Waals surface area contributed by atoms with E-state index in [1.54, 1.807) is 0 Å². The van der Waals surface area contributed by atoms with Crippen LogP contribution in [0.1, 0.15) is 49.3 Å². The van der Waals surface area contributed by atoms with E-state index in [1.807, 2.05) is 0 Å². The fourth-order valence-electron chi connectivity index (χ4n) is 2.20. The van der Waals surface area contributed by atoms with Crippen LogP contribution in [0.4, 0.5) is 0 Å². The van der Waals surface area contributed by atoms with E-state index in [9.17, 15) is 0 Å². The second kappa shape index (κ2) is 6.96. The molecule has 0 saturated heterocycles. The molecule has 0 radical (unpaired) electrons. The summed E-state index contributed by atoms with van der Waals surface area (Å²) in [5.74, 6) is 0. The van der Waals surface area contributed by atoms with Gasteiger partial charge in [0.2, 0.25) is 0 Å². The summed E-state index contributed by atoms with van der Waals surface area (Å²) in [6, 6.07) is 6.54. The summed E-state index contributed by atoms with van der Waals surface area (Å²) >= 11 is 6.23. The lowest BCUT2D eigenvalue weighted by Crippen LogP contribution is -2.00. The summed E-state index contributed by atoms with van der Waals surface area (Å²) in [6.07, 6.45) is 5.86. The van der Waals surface area contributed by atoms with Crippen LogP contribution >= 0.6 is 11.6 Å². The van der Waals surface area contributed by atoms with Crippen LogP contribution < -0.4 is 0 Å². The summed E-state index contributed by atoms with van der Waals surface area (Å²) in [5.41, 5.74) is 4.35. The van der Waals surface area contributed by atoms with Gasteiger partial charge in [0.05, 0.1) is 0 Å². The molecule has 0 N–H and O–H groups in total. The first-order chi connectivity index (χ1) is 7.65. The predicted octanol–water partition coefficient (Wildman–Crippen LogP) is 5.03. The number of benzene rings is 1. The van der Waals surface area contributed by atoms with Gasteiger partial charge in [-0.2, -0.15) is 0 Å². The summed E-state index contributed by atoms with van der Waals surface area (Å²) in [7, 11) is 0. The molecule has 0 heterocycles. The van der Waals surface area contributed by atoms with Crippen molar-refractivity contribution in [2.75, 3.05) is 0 Å². The van der Waals surface area contributed by atoms with Crippen molar-refractivity contribution < 1.29 is 0 Å². The second-order valence-electron chi connectivity index (χ2n) is 4.65. The summed E-state index contributed by atoms with van der Waals surface area (Å²) in [6.45, 7) is 6.60. The molecule has 0 aliphatic rings. The highest BCUT2D eigenvalue weighted by molar-refractivity contribution is 6.20. The van der Waals surface area contributed by atoms with Crippen LogP contribution in [0.5, 0.6) is 0 Å². The van der Waals surface area contributed by atoms with Crippen LogP contribution in [0.15, 0.2) is 18.2 Å². The molecule has 1 heteroatoms. The van der Waals surface area contributed by atoms with Gasteiger partial charge in [0.25, 0.3) is 0 Å². The highest BCUT2D eigenvalue weighted by atomic mass is 35.5. The van der Waals surface area contributed by atoms with Gasteiger partial charge >= 0.3 is 0 Å². The molecular weight excluding hydrogens is 216 g/mol. The van der Waals surface area contributed by atoms with Crippen molar-refractivity contribution in [3.63, 3.8) is 0 Å². The minimum Gasteiger partial charge on any atom is -0.123 e. The maximum atomic E-state index is 6.23. The van der Waals surface area contributed by atoms with E-state index in [0.29, 0.717) is 5.38 Å². The fourth-order valence-corrected chi connectivity index (χ4v) is 2.57. The van der Waals surface area contributed by atoms with Gasteiger partial charge in [0, 0.05) is 5.38 Å². The van der Waals surface area contributed by atoms with E-state index in [1.165, 1.54) is 36.0 Å². The average Bonchev–Trinajstić information content (AvgIpc) is 2.23. The Balaban J connectivity index is 2.43. The lowest BCUT2D eigenvalue weighted by molar-refractivity contribution is 0.638. The van der Waals surface area contributed by atoms with Crippen LogP contribution in [0, 0.1) is 13.8 Å². The molecule has 0 nitrogen and oxygen atoms in total. The zero-order valence-corrected chi connectivity index (χ0v) is 11.5. The Kier molecular flexibility index (Phi) is 5.90. The van der Waals surface area contributed by atoms with Gasteiger partial charge < -0.3 is 0 Å². The molecule has 0 fully saturated rings. The fraction of sp³-hybridized carbons (Fsp3) is 0.600. The summed E-state index contributed by atoms with van der Waals surface area (Å²) in [4.78, 5) is 0. The van der Waals surface area contributed by atoms with E-state index >= 15 is 0 Å². The Morgan fingerprint density at radius 2 is 1.75 bits per heavy atom. The first-order valence-corrected chi connectivity index (χ1v) is 6.78. The Bertz CT molecular complexity index is 297. The minimum absolute atomic E-state index is 0.370. The molecule has 0 spiro atoms. The molecule has 1 aromatic rings. The van der Waals surface area contributed by atoms with Crippen molar-refractivity contribution in [2.24, 2.45) is 0 Å². The number of hydrogen-bond donors (Lipinski definition) is 0. The smallest absolute Gasteiger partial charge is 0.0336 e. The Morgan fingerprint density at radius 3 is 2.31 bits per heavy atom. The largest absolute Gasteiger partial charge is 0.123 e. The molecule has 1 unspecified atom stereocenters. The van der Waals surface area contributed by atoms with Gasteiger partial charge in [-0.25, -0.2) is 0 Å². The molecule has 0 aliphatic heterocycles. The molecule has 0 bridgehead atoms. The quantitative estimate of drug-likeness (QED) is 0.610. The molecule has 90 valence electrons. The van der Waals surface area contributed by atoms with Crippen molar-refractivity contribution in [3.05, 3.63) is 34.9 Å². The van der Waals surface area contributed by atoms with Gasteiger partial charge in [-0.3, -0.25) is 0 Å². The minimum atomic E-state index is 0.370. The first-order valence-electron chi connectivity index (χ1n) is 6.34. The third-order valence-corrected chi connectivity index (χ3v) is 3.63. The van der Waals surface area contributed by atoms with Crippen LogP contribution in [-0.4, -0.2) is 5.38 Å². The predicted molar refractivity (Wildman–Crippen MR) is 73.4 cm³/mol. The van der Waals surface area contributed by atoms with Crippen molar-refractivity contribution in [3.8, 4) is 0 Å². The molecule has 1 atom stereocenters. The SMILES string of the molecule is CCCC(Cl)CCCc1c(C)cccc1C. The summed E-state index contributed by atoms with van der Waals surface area (Å²) in [5, 5.41) is 0.370. The maximum absolute atomic E-state index is 6.23. The molecule has 0 aromatic heterocycles. The highest BCUT2D eigenvalue weighted by Gasteiger charge is 2.05. The monoisotopic (exact) mass is 238 g/mol. The summed E-state index contributed by atoms with van der Waals surface area (Å²) < 4.78 is 0. The normalized spacial score (nSPS) is 12.8. The van der Waals surface area contributed by atoms with E-state index in [0.717, 1.165) is 12.8 Å². The van der Waals surface area contributed by atoms with Crippen molar-refractivity contribution in [1.29, 1.82) is 0 Å². The van der Waals surface area contributed by atoms with Gasteiger partial charge in [0.15, 0.2) is 0 Å². The van der Waals surface area contributed by atoms with Crippen LogP contribution in [0.2, 0.25) is 0 Å². The van der Waals surface area contributed by atoms with Gasteiger partial charge in [0.1, 0.15) is 0 Å². The van der Waals surface area contributed by atoms with E-state index < -0.39 is 0 Å². The highest BCUT2D eigenvalue weighted by Crippen LogP contribution is 2.19. The van der Waals surface area contributed by atoms with Crippen LogP contribution in [-0.2, 0) is 6.42 Å². The lowest BCUT2D eigenvalue weighted by Gasteiger charge is -2.11. The van der Waals surface area contributed by atoms with Gasteiger partial charge in [-0.05, 0) is 56.2 Å². The van der Waals surface area contributed by atoms with E-state index in [2.05, 4.69) is 39.0 Å².